The Morgan fingerprint density at radius 3 is 2.04 bits per heavy atom. The lowest BCUT2D eigenvalue weighted by Gasteiger charge is -2.12. The van der Waals surface area contributed by atoms with Crippen molar-refractivity contribution in [1.29, 1.82) is 0 Å². The molecule has 3 aromatic rings. The minimum atomic E-state index is -0.543. The van der Waals surface area contributed by atoms with Gasteiger partial charge in [-0.25, -0.2) is 0 Å². The first-order chi connectivity index (χ1) is 12.1. The fourth-order valence-corrected chi connectivity index (χ4v) is 2.28. The Morgan fingerprint density at radius 1 is 0.880 bits per heavy atom. The summed E-state index contributed by atoms with van der Waals surface area (Å²) in [7, 11) is 0. The van der Waals surface area contributed by atoms with Crippen LogP contribution in [0, 0.1) is 0 Å². The molecule has 0 radical (unpaired) electrons. The average molecular weight is 334 g/mol. The number of rotatable bonds is 5. The quantitative estimate of drug-likeness (QED) is 0.751. The third-order valence-corrected chi connectivity index (χ3v) is 3.69. The predicted molar refractivity (Wildman–Crippen MR) is 96.4 cm³/mol. The molecule has 126 valence electrons. The molecule has 0 fully saturated rings. The van der Waals surface area contributed by atoms with Gasteiger partial charge in [0.15, 0.2) is 5.69 Å². The number of nitrogens with one attached hydrogen (secondary N) is 2. The molecule has 2 N–H and O–H groups in total. The van der Waals surface area contributed by atoms with E-state index in [1.54, 1.807) is 31.3 Å². The number of anilines is 2. The molecule has 6 nitrogen and oxygen atoms in total. The lowest BCUT2D eigenvalue weighted by molar-refractivity contribution is -0.119. The highest BCUT2D eigenvalue weighted by atomic mass is 16.2. The molecule has 6 heteroatoms. The molecule has 2 amide bonds. The van der Waals surface area contributed by atoms with Gasteiger partial charge >= 0.3 is 0 Å². The van der Waals surface area contributed by atoms with Crippen molar-refractivity contribution in [3.8, 4) is 0 Å². The normalized spacial score (nSPS) is 11.6. The van der Waals surface area contributed by atoms with Crippen molar-refractivity contribution in [3.05, 3.63) is 78.6 Å². The van der Waals surface area contributed by atoms with Crippen molar-refractivity contribution in [3.63, 3.8) is 0 Å². The Bertz CT molecular complexity index is 859. The van der Waals surface area contributed by atoms with Crippen LogP contribution in [0.3, 0.4) is 0 Å². The van der Waals surface area contributed by atoms with E-state index < -0.39 is 6.04 Å². The summed E-state index contributed by atoms with van der Waals surface area (Å²) in [5.41, 5.74) is 1.66. The van der Waals surface area contributed by atoms with Crippen LogP contribution in [0.5, 0.6) is 0 Å². The molecule has 0 saturated carbocycles. The zero-order valence-corrected chi connectivity index (χ0v) is 13.7. The van der Waals surface area contributed by atoms with Gasteiger partial charge < -0.3 is 10.6 Å². The molecule has 1 aromatic heterocycles. The summed E-state index contributed by atoms with van der Waals surface area (Å²) in [6, 6.07) is 19.4. The van der Waals surface area contributed by atoms with E-state index in [1.807, 2.05) is 48.5 Å². The molecule has 0 saturated heterocycles. The highest BCUT2D eigenvalue weighted by Crippen LogP contribution is 2.13. The number of carbonyl (C=O) groups is 2. The molecular formula is C19H18N4O2. The third kappa shape index (κ3) is 4.11. The fourth-order valence-electron chi connectivity index (χ4n) is 2.28. The van der Waals surface area contributed by atoms with Crippen LogP contribution in [0.25, 0.3) is 0 Å². The second kappa shape index (κ2) is 7.44. The van der Waals surface area contributed by atoms with Gasteiger partial charge in [-0.2, -0.15) is 5.10 Å². The fraction of sp³-hybridized carbons (Fsp3) is 0.105. The predicted octanol–water partition coefficient (Wildman–Crippen LogP) is 3.34. The summed E-state index contributed by atoms with van der Waals surface area (Å²) in [6.45, 7) is 1.73. The Morgan fingerprint density at radius 2 is 1.44 bits per heavy atom. The molecule has 0 bridgehead atoms. The van der Waals surface area contributed by atoms with Gasteiger partial charge in [-0.3, -0.25) is 14.3 Å². The topological polar surface area (TPSA) is 76.0 Å². The number of nitrogens with zero attached hydrogens (tertiary/aromatic N) is 2. The van der Waals surface area contributed by atoms with E-state index in [-0.39, 0.29) is 17.5 Å². The van der Waals surface area contributed by atoms with Crippen LogP contribution in [0.2, 0.25) is 0 Å². The highest BCUT2D eigenvalue weighted by molar-refractivity contribution is 6.02. The first-order valence-electron chi connectivity index (χ1n) is 7.91. The smallest absolute Gasteiger partial charge is 0.276 e. The van der Waals surface area contributed by atoms with E-state index in [0.29, 0.717) is 11.4 Å². The molecule has 0 spiro atoms. The summed E-state index contributed by atoms with van der Waals surface area (Å²) < 4.78 is 1.47. The SMILES string of the molecule is CC(C(=O)Nc1ccccc1)n1ccc(C(=O)Nc2ccccc2)n1. The van der Waals surface area contributed by atoms with E-state index in [1.165, 1.54) is 4.68 Å². The van der Waals surface area contributed by atoms with Crippen LogP contribution in [-0.4, -0.2) is 21.6 Å². The van der Waals surface area contributed by atoms with Gasteiger partial charge in [-0.1, -0.05) is 36.4 Å². The van der Waals surface area contributed by atoms with Crippen LogP contribution in [0.15, 0.2) is 72.9 Å². The second-order valence-corrected chi connectivity index (χ2v) is 5.53. The average Bonchev–Trinajstić information content (AvgIpc) is 3.13. The van der Waals surface area contributed by atoms with Crippen LogP contribution in [0.1, 0.15) is 23.5 Å². The lowest BCUT2D eigenvalue weighted by atomic mass is 10.3. The monoisotopic (exact) mass is 334 g/mol. The number of aromatic nitrogens is 2. The Labute approximate surface area is 145 Å². The second-order valence-electron chi connectivity index (χ2n) is 5.53. The zero-order chi connectivity index (χ0) is 17.6. The maximum atomic E-state index is 12.3. The van der Waals surface area contributed by atoms with Crippen molar-refractivity contribution in [2.75, 3.05) is 10.6 Å². The molecule has 1 atom stereocenters. The number of hydrogen-bond acceptors (Lipinski definition) is 3. The van der Waals surface area contributed by atoms with Crippen molar-refractivity contribution in [2.24, 2.45) is 0 Å². The lowest BCUT2D eigenvalue weighted by Crippen LogP contribution is -2.24. The van der Waals surface area contributed by atoms with Gasteiger partial charge in [0.2, 0.25) is 5.91 Å². The number of carbonyl (C=O) groups excluding carboxylic acids is 2. The molecule has 0 aliphatic carbocycles. The van der Waals surface area contributed by atoms with Gasteiger partial charge in [0, 0.05) is 17.6 Å². The summed E-state index contributed by atoms with van der Waals surface area (Å²) in [5.74, 6) is -0.523. The number of amides is 2. The van der Waals surface area contributed by atoms with E-state index >= 15 is 0 Å². The van der Waals surface area contributed by atoms with Gasteiger partial charge in [0.25, 0.3) is 5.91 Å². The van der Waals surface area contributed by atoms with Gasteiger partial charge in [-0.15, -0.1) is 0 Å². The Kier molecular flexibility index (Phi) is 4.89. The van der Waals surface area contributed by atoms with Crippen molar-refractivity contribution < 1.29 is 9.59 Å². The van der Waals surface area contributed by atoms with Crippen molar-refractivity contribution >= 4 is 23.2 Å². The van der Waals surface area contributed by atoms with E-state index in [0.717, 1.165) is 0 Å². The minimum absolute atomic E-state index is 0.204. The number of hydrogen-bond donors (Lipinski definition) is 2. The van der Waals surface area contributed by atoms with Crippen LogP contribution in [-0.2, 0) is 4.79 Å². The van der Waals surface area contributed by atoms with Gasteiger partial charge in [0.05, 0.1) is 0 Å². The standard InChI is InChI=1S/C19H18N4O2/c1-14(18(24)20-15-8-4-2-5-9-15)23-13-12-17(22-23)19(25)21-16-10-6-3-7-11-16/h2-14H,1H3,(H,20,24)(H,21,25). The zero-order valence-electron chi connectivity index (χ0n) is 13.7. The van der Waals surface area contributed by atoms with E-state index in [9.17, 15) is 9.59 Å². The van der Waals surface area contributed by atoms with E-state index in [2.05, 4.69) is 15.7 Å². The summed E-state index contributed by atoms with van der Waals surface area (Å²) >= 11 is 0. The maximum absolute atomic E-state index is 12.3. The minimum Gasteiger partial charge on any atom is -0.324 e. The van der Waals surface area contributed by atoms with Crippen LogP contribution >= 0.6 is 0 Å². The van der Waals surface area contributed by atoms with Gasteiger partial charge in [-0.05, 0) is 37.3 Å². The van der Waals surface area contributed by atoms with Crippen LogP contribution in [0.4, 0.5) is 11.4 Å². The Hall–Kier alpha value is -3.41. The molecule has 0 aliphatic heterocycles. The molecule has 0 aliphatic rings. The first-order valence-corrected chi connectivity index (χ1v) is 7.91. The van der Waals surface area contributed by atoms with E-state index in [4.69, 9.17) is 0 Å². The van der Waals surface area contributed by atoms with Crippen molar-refractivity contribution in [1.82, 2.24) is 9.78 Å². The molecular weight excluding hydrogens is 316 g/mol. The molecule has 25 heavy (non-hydrogen) atoms. The maximum Gasteiger partial charge on any atom is 0.276 e. The summed E-state index contributed by atoms with van der Waals surface area (Å²) in [6.07, 6.45) is 1.62. The number of benzene rings is 2. The van der Waals surface area contributed by atoms with Gasteiger partial charge in [0.1, 0.15) is 6.04 Å². The molecule has 3 rings (SSSR count). The highest BCUT2D eigenvalue weighted by Gasteiger charge is 2.18. The molecule has 2 aromatic carbocycles. The summed E-state index contributed by atoms with van der Waals surface area (Å²) in [5, 5.41) is 9.80. The third-order valence-electron chi connectivity index (χ3n) is 3.69. The summed E-state index contributed by atoms with van der Waals surface area (Å²) in [4.78, 5) is 24.5. The molecule has 1 unspecified atom stereocenters. The number of para-hydroxylation sites is 2. The largest absolute Gasteiger partial charge is 0.324 e. The molecule has 1 heterocycles. The first kappa shape index (κ1) is 16.4. The van der Waals surface area contributed by atoms with Crippen LogP contribution < -0.4 is 10.6 Å². The van der Waals surface area contributed by atoms with Crippen molar-refractivity contribution in [2.45, 2.75) is 13.0 Å². The Balaban J connectivity index is 1.66.